The highest BCUT2D eigenvalue weighted by Crippen LogP contribution is 2.47. The van der Waals surface area contributed by atoms with Gasteiger partial charge in [-0.15, -0.1) is 6.58 Å². The second-order valence-corrected chi connectivity index (χ2v) is 15.4. The van der Waals surface area contributed by atoms with E-state index in [1.807, 2.05) is 6.08 Å². The van der Waals surface area contributed by atoms with Gasteiger partial charge >= 0.3 is 0 Å². The summed E-state index contributed by atoms with van der Waals surface area (Å²) in [5.41, 5.74) is 3.29. The average Bonchev–Trinajstić information content (AvgIpc) is 2.88. The van der Waals surface area contributed by atoms with Crippen LogP contribution in [0.25, 0.3) is 0 Å². The molecule has 150 valence electrons. The smallest absolute Gasteiger partial charge is 0.139 e. The molecule has 1 aliphatic rings. The molecule has 0 heterocycles. The third-order valence-electron chi connectivity index (χ3n) is 7.02. The van der Waals surface area contributed by atoms with Gasteiger partial charge in [0.1, 0.15) is 5.78 Å². The lowest BCUT2D eigenvalue weighted by Gasteiger charge is -2.36. The number of hydrogen-bond donors (Lipinski definition) is 0. The first kappa shape index (κ1) is 22.1. The van der Waals surface area contributed by atoms with Crippen molar-refractivity contribution in [2.75, 3.05) is 14.1 Å². The van der Waals surface area contributed by atoms with Crippen molar-refractivity contribution in [2.24, 2.45) is 11.3 Å². The van der Waals surface area contributed by atoms with Gasteiger partial charge in [-0.3, -0.25) is 4.79 Å². The summed E-state index contributed by atoms with van der Waals surface area (Å²) in [6.45, 7) is 15.9. The largest absolute Gasteiger partial charge is 0.303 e. The topological polar surface area (TPSA) is 20.3 Å². The molecule has 4 atom stereocenters. The van der Waals surface area contributed by atoms with E-state index >= 15 is 0 Å². The molecule has 0 N–H and O–H groups in total. The molecule has 0 saturated heterocycles. The molecule has 0 aliphatic heterocycles. The Balaban J connectivity index is 2.36. The van der Waals surface area contributed by atoms with Gasteiger partial charge in [-0.2, -0.15) is 0 Å². The summed E-state index contributed by atoms with van der Waals surface area (Å²) in [5, 5.41) is 0. The van der Waals surface area contributed by atoms with E-state index < -0.39 is 8.07 Å². The van der Waals surface area contributed by atoms with Crippen molar-refractivity contribution in [3.8, 4) is 0 Å². The minimum atomic E-state index is -1.45. The Morgan fingerprint density at radius 1 is 1.26 bits per heavy atom. The molecule has 1 fully saturated rings. The Bertz CT molecular complexity index is 675. The zero-order valence-corrected chi connectivity index (χ0v) is 19.5. The minimum absolute atomic E-state index is 0.220. The Morgan fingerprint density at radius 2 is 1.85 bits per heavy atom. The number of ketones is 1. The van der Waals surface area contributed by atoms with Crippen molar-refractivity contribution in [3.63, 3.8) is 0 Å². The van der Waals surface area contributed by atoms with Gasteiger partial charge in [0.2, 0.25) is 0 Å². The average molecular weight is 386 g/mol. The second kappa shape index (κ2) is 8.44. The summed E-state index contributed by atoms with van der Waals surface area (Å²) in [6, 6.07) is 9.37. The zero-order valence-electron chi connectivity index (χ0n) is 18.5. The molecule has 1 aliphatic carbocycles. The van der Waals surface area contributed by atoms with E-state index in [-0.39, 0.29) is 5.41 Å². The molecule has 2 nitrogen and oxygen atoms in total. The van der Waals surface area contributed by atoms with E-state index in [4.69, 9.17) is 0 Å². The Hall–Kier alpha value is -1.19. The number of allylic oxidation sites excluding steroid dienone is 1. The molecule has 2 rings (SSSR count). The maximum Gasteiger partial charge on any atom is 0.139 e. The number of Topliss-reactive ketones (excluding diaryl/α,β-unsaturated/α-hetero) is 1. The van der Waals surface area contributed by atoms with Crippen molar-refractivity contribution < 1.29 is 4.79 Å². The summed E-state index contributed by atoms with van der Waals surface area (Å²) < 4.78 is 0. The molecule has 0 aromatic heterocycles. The molecule has 1 unspecified atom stereocenters. The second-order valence-electron chi connectivity index (χ2n) is 9.95. The van der Waals surface area contributed by atoms with Crippen molar-refractivity contribution in [3.05, 3.63) is 48.0 Å². The van der Waals surface area contributed by atoms with Gasteiger partial charge < -0.3 is 4.90 Å². The minimum Gasteiger partial charge on any atom is -0.303 e. The number of carbonyl (C=O) groups is 1. The van der Waals surface area contributed by atoms with E-state index in [0.29, 0.717) is 23.3 Å². The predicted molar refractivity (Wildman–Crippen MR) is 120 cm³/mol. The quantitative estimate of drug-likeness (QED) is 0.391. The van der Waals surface area contributed by atoms with Crippen LogP contribution in [0.1, 0.15) is 62.2 Å². The van der Waals surface area contributed by atoms with E-state index in [9.17, 15) is 4.79 Å². The zero-order chi connectivity index (χ0) is 20.4. The van der Waals surface area contributed by atoms with Gasteiger partial charge in [-0.1, -0.05) is 56.9 Å². The molecule has 3 heteroatoms. The van der Waals surface area contributed by atoms with Crippen molar-refractivity contribution in [1.82, 2.24) is 4.90 Å². The number of carbonyl (C=O) groups excluding carboxylic acids is 1. The van der Waals surface area contributed by atoms with E-state index in [1.54, 1.807) is 0 Å². The normalized spacial score (nSPS) is 25.6. The highest BCUT2D eigenvalue weighted by atomic mass is 28.3. The number of hydrogen-bond acceptors (Lipinski definition) is 2. The highest BCUT2D eigenvalue weighted by molar-refractivity contribution is 6.77. The molecule has 0 radical (unpaired) electrons. The molecule has 1 saturated carbocycles. The molecule has 1 aromatic rings. The number of nitrogens with zero attached hydrogens (tertiary/aromatic N) is 1. The van der Waals surface area contributed by atoms with Crippen LogP contribution in [0.2, 0.25) is 19.6 Å². The first-order valence-electron chi connectivity index (χ1n) is 10.4. The fraction of sp³-hybridized carbons (Fsp3) is 0.625. The SMILES string of the molecule is C=C[C@@H]1CCC(=O)[C@@]1(C)CCC(c1ccccc1[C@@H](C)N(C)C)[Si](C)(C)C. The van der Waals surface area contributed by atoms with Gasteiger partial charge in [-0.25, -0.2) is 0 Å². The first-order valence-corrected chi connectivity index (χ1v) is 14.0. The van der Waals surface area contributed by atoms with Crippen molar-refractivity contribution >= 4 is 13.9 Å². The van der Waals surface area contributed by atoms with E-state index in [2.05, 4.69) is 83.3 Å². The van der Waals surface area contributed by atoms with Crippen LogP contribution in [0.15, 0.2) is 36.9 Å². The molecular weight excluding hydrogens is 346 g/mol. The molecule has 0 bridgehead atoms. The van der Waals surface area contributed by atoms with Crippen LogP contribution in [0.4, 0.5) is 0 Å². The van der Waals surface area contributed by atoms with Crippen LogP contribution in [-0.4, -0.2) is 32.9 Å². The first-order chi connectivity index (χ1) is 12.5. The summed E-state index contributed by atoms with van der Waals surface area (Å²) in [6.07, 6.45) is 5.79. The number of benzene rings is 1. The van der Waals surface area contributed by atoms with Crippen LogP contribution in [-0.2, 0) is 4.79 Å². The Labute approximate surface area is 168 Å². The standard InChI is InChI=1S/C24H39NOSi/c1-9-19-14-15-23(26)24(19,3)17-16-22(27(6,7)8)21-13-11-10-12-20(21)18(2)25(4)5/h9-13,18-19,22H,1,14-17H2,2-8H3/t18-,19-,22?,24+/m1/s1. The fourth-order valence-corrected chi connectivity index (χ4v) is 6.99. The lowest BCUT2D eigenvalue weighted by molar-refractivity contribution is -0.126. The summed E-state index contributed by atoms with van der Waals surface area (Å²) >= 11 is 0. The van der Waals surface area contributed by atoms with Crippen LogP contribution < -0.4 is 0 Å². The van der Waals surface area contributed by atoms with Crippen LogP contribution in [0.5, 0.6) is 0 Å². The van der Waals surface area contributed by atoms with Gasteiger partial charge in [0.15, 0.2) is 0 Å². The monoisotopic (exact) mass is 385 g/mol. The lowest BCUT2D eigenvalue weighted by Crippen LogP contribution is -2.35. The third kappa shape index (κ3) is 4.63. The summed E-state index contributed by atoms with van der Waals surface area (Å²) in [5.74, 6) is 0.778. The molecule has 27 heavy (non-hydrogen) atoms. The van der Waals surface area contributed by atoms with Crippen LogP contribution in [0, 0.1) is 11.3 Å². The van der Waals surface area contributed by atoms with E-state index in [0.717, 1.165) is 25.7 Å². The van der Waals surface area contributed by atoms with Gasteiger partial charge in [-0.05, 0) is 62.9 Å². The fourth-order valence-electron chi connectivity index (χ4n) is 4.79. The van der Waals surface area contributed by atoms with Gasteiger partial charge in [0.05, 0.1) is 8.07 Å². The molecule has 0 amide bonds. The Morgan fingerprint density at radius 3 is 2.37 bits per heavy atom. The number of rotatable bonds is 8. The van der Waals surface area contributed by atoms with Gasteiger partial charge in [0.25, 0.3) is 0 Å². The summed E-state index contributed by atoms with van der Waals surface area (Å²) in [7, 11) is 2.85. The molecular formula is C24H39NOSi. The van der Waals surface area contributed by atoms with Gasteiger partial charge in [0, 0.05) is 17.9 Å². The maximum atomic E-state index is 12.7. The summed E-state index contributed by atoms with van der Waals surface area (Å²) in [4.78, 5) is 15.0. The lowest BCUT2D eigenvalue weighted by atomic mass is 9.74. The predicted octanol–water partition coefficient (Wildman–Crippen LogP) is 6.22. The highest BCUT2D eigenvalue weighted by Gasteiger charge is 2.45. The molecule has 0 spiro atoms. The van der Waals surface area contributed by atoms with Crippen LogP contribution >= 0.6 is 0 Å². The van der Waals surface area contributed by atoms with Crippen molar-refractivity contribution in [1.29, 1.82) is 0 Å². The van der Waals surface area contributed by atoms with Crippen molar-refractivity contribution in [2.45, 2.75) is 70.8 Å². The Kier molecular flexibility index (Phi) is 6.91. The maximum absolute atomic E-state index is 12.7. The third-order valence-corrected chi connectivity index (χ3v) is 9.71. The van der Waals surface area contributed by atoms with E-state index in [1.165, 1.54) is 11.1 Å². The molecule has 1 aromatic carbocycles. The van der Waals surface area contributed by atoms with Crippen LogP contribution in [0.3, 0.4) is 0 Å².